The molecule has 1 heterocycles. The van der Waals surface area contributed by atoms with Crippen LogP contribution in [0.2, 0.25) is 5.02 Å². The van der Waals surface area contributed by atoms with E-state index >= 15 is 0 Å². The number of rotatable bonds is 6. The molecular weight excluding hydrogens is 397 g/mol. The first-order valence-electron chi connectivity index (χ1n) is 9.20. The van der Waals surface area contributed by atoms with E-state index in [9.17, 15) is 8.42 Å². The first-order valence-corrected chi connectivity index (χ1v) is 11.1. The molecule has 0 spiro atoms. The molecule has 0 saturated carbocycles. The van der Waals surface area contributed by atoms with Crippen LogP contribution in [0.4, 0.5) is 0 Å². The molecule has 1 saturated heterocycles. The standard InChI is InChI=1S/C20H25BClNO4S/c1-19(2)20(3,4)27-21(26-19)16-11-9-15(10-12-16)13-14-23-28(24,25)18-8-6-5-7-17(18)22/h5-12,23H,13-14H2,1-4H3. The van der Waals surface area contributed by atoms with Crippen LogP contribution in [0, 0.1) is 0 Å². The van der Waals surface area contributed by atoms with E-state index in [1.165, 1.54) is 6.07 Å². The predicted molar refractivity (Wildman–Crippen MR) is 113 cm³/mol. The van der Waals surface area contributed by atoms with Crippen LogP contribution in [0.1, 0.15) is 33.3 Å². The molecule has 2 aromatic carbocycles. The van der Waals surface area contributed by atoms with Crippen LogP contribution in [0.25, 0.3) is 0 Å². The average molecular weight is 422 g/mol. The fraction of sp³-hybridized carbons (Fsp3) is 0.400. The SMILES string of the molecule is CC1(C)OB(c2ccc(CCNS(=O)(=O)c3ccccc3Cl)cc2)OC1(C)C. The lowest BCUT2D eigenvalue weighted by Gasteiger charge is -2.32. The number of hydrogen-bond acceptors (Lipinski definition) is 4. The van der Waals surface area contributed by atoms with Gasteiger partial charge in [0.2, 0.25) is 10.0 Å². The van der Waals surface area contributed by atoms with Crippen LogP contribution >= 0.6 is 11.6 Å². The van der Waals surface area contributed by atoms with Gasteiger partial charge in [-0.2, -0.15) is 0 Å². The van der Waals surface area contributed by atoms with Crippen LogP contribution in [0.3, 0.4) is 0 Å². The van der Waals surface area contributed by atoms with Gasteiger partial charge in [-0.05, 0) is 57.3 Å². The Kier molecular flexibility index (Phi) is 5.95. The smallest absolute Gasteiger partial charge is 0.399 e. The summed E-state index contributed by atoms with van der Waals surface area (Å²) in [5, 5.41) is 0.210. The third-order valence-electron chi connectivity index (χ3n) is 5.34. The number of halogens is 1. The lowest BCUT2D eigenvalue weighted by molar-refractivity contribution is 0.00578. The fourth-order valence-electron chi connectivity index (χ4n) is 2.89. The molecule has 2 aromatic rings. The van der Waals surface area contributed by atoms with E-state index in [4.69, 9.17) is 20.9 Å². The highest BCUT2D eigenvalue weighted by atomic mass is 35.5. The van der Waals surface area contributed by atoms with E-state index in [1.54, 1.807) is 18.2 Å². The van der Waals surface area contributed by atoms with Gasteiger partial charge in [0.1, 0.15) is 4.90 Å². The Morgan fingerprint density at radius 1 is 0.964 bits per heavy atom. The van der Waals surface area contributed by atoms with Crippen LogP contribution in [-0.4, -0.2) is 33.3 Å². The largest absolute Gasteiger partial charge is 0.494 e. The minimum absolute atomic E-state index is 0.0905. The maximum absolute atomic E-state index is 12.4. The van der Waals surface area contributed by atoms with Crippen molar-refractivity contribution in [3.05, 3.63) is 59.1 Å². The lowest BCUT2D eigenvalue weighted by atomic mass is 9.79. The summed E-state index contributed by atoms with van der Waals surface area (Å²) in [6, 6.07) is 14.2. The highest BCUT2D eigenvalue weighted by Crippen LogP contribution is 2.36. The fourth-order valence-corrected chi connectivity index (χ4v) is 4.44. The minimum atomic E-state index is -3.63. The third-order valence-corrected chi connectivity index (χ3v) is 7.30. The van der Waals surface area contributed by atoms with Crippen LogP contribution in [0.5, 0.6) is 0 Å². The summed E-state index contributed by atoms with van der Waals surface area (Å²) in [6.45, 7) is 8.36. The van der Waals surface area contributed by atoms with Gasteiger partial charge in [0, 0.05) is 6.54 Å². The van der Waals surface area contributed by atoms with Gasteiger partial charge in [0.15, 0.2) is 0 Å². The van der Waals surface area contributed by atoms with Crippen molar-refractivity contribution < 1.29 is 17.7 Å². The Bertz CT molecular complexity index is 929. The normalized spacial score (nSPS) is 18.4. The summed E-state index contributed by atoms with van der Waals surface area (Å²) in [5.74, 6) is 0. The van der Waals surface area contributed by atoms with Crippen LogP contribution in [-0.2, 0) is 25.8 Å². The molecule has 150 valence electrons. The molecular formula is C20H25BClNO4S. The molecule has 0 aliphatic carbocycles. The highest BCUT2D eigenvalue weighted by Gasteiger charge is 2.51. The van der Waals surface area contributed by atoms with Crippen LogP contribution in [0.15, 0.2) is 53.4 Å². The van der Waals surface area contributed by atoms with Gasteiger partial charge in [0.25, 0.3) is 0 Å². The average Bonchev–Trinajstić information content (AvgIpc) is 2.83. The molecule has 28 heavy (non-hydrogen) atoms. The van der Waals surface area contributed by atoms with Crippen molar-refractivity contribution in [3.8, 4) is 0 Å². The van der Waals surface area contributed by atoms with E-state index in [2.05, 4.69) is 4.72 Å². The topological polar surface area (TPSA) is 64.6 Å². The number of benzene rings is 2. The van der Waals surface area contributed by atoms with E-state index in [0.29, 0.717) is 6.42 Å². The Hall–Kier alpha value is -1.38. The summed E-state index contributed by atoms with van der Waals surface area (Å²) in [4.78, 5) is 0.0905. The number of sulfonamides is 1. The van der Waals surface area contributed by atoms with Crippen molar-refractivity contribution in [1.82, 2.24) is 4.72 Å². The Morgan fingerprint density at radius 3 is 2.11 bits per heavy atom. The maximum Gasteiger partial charge on any atom is 0.494 e. The molecule has 5 nitrogen and oxygen atoms in total. The van der Waals surface area contributed by atoms with Gasteiger partial charge in [-0.1, -0.05) is 48.0 Å². The molecule has 0 atom stereocenters. The molecule has 0 amide bonds. The summed E-state index contributed by atoms with van der Waals surface area (Å²) in [6.07, 6.45) is 0.563. The number of hydrogen-bond donors (Lipinski definition) is 1. The molecule has 1 aliphatic rings. The van der Waals surface area contributed by atoms with Crippen molar-refractivity contribution in [3.63, 3.8) is 0 Å². The number of nitrogens with one attached hydrogen (secondary N) is 1. The zero-order valence-corrected chi connectivity index (χ0v) is 18.1. The second-order valence-corrected chi connectivity index (χ2v) is 10.1. The zero-order valence-electron chi connectivity index (χ0n) is 16.5. The molecule has 0 radical (unpaired) electrons. The Labute approximate surface area is 172 Å². The first-order chi connectivity index (χ1) is 13.0. The molecule has 8 heteroatoms. The van der Waals surface area contributed by atoms with E-state index in [-0.39, 0.29) is 27.7 Å². The molecule has 1 N–H and O–H groups in total. The van der Waals surface area contributed by atoms with Crippen molar-refractivity contribution in [2.24, 2.45) is 0 Å². The predicted octanol–water partition coefficient (Wildman–Crippen LogP) is 3.16. The second-order valence-electron chi connectivity index (χ2n) is 7.91. The zero-order chi connectivity index (χ0) is 20.6. The van der Waals surface area contributed by atoms with Crippen molar-refractivity contribution in [2.75, 3.05) is 6.54 Å². The molecule has 0 aromatic heterocycles. The quantitative estimate of drug-likeness (QED) is 0.728. The summed E-state index contributed by atoms with van der Waals surface area (Å²) in [7, 11) is -4.04. The van der Waals surface area contributed by atoms with Gasteiger partial charge in [-0.15, -0.1) is 0 Å². The second kappa shape index (κ2) is 7.80. The first kappa shape index (κ1) is 21.3. The van der Waals surface area contributed by atoms with Gasteiger partial charge in [-0.25, -0.2) is 13.1 Å². The maximum atomic E-state index is 12.4. The van der Waals surface area contributed by atoms with Gasteiger partial charge < -0.3 is 9.31 Å². The van der Waals surface area contributed by atoms with Gasteiger partial charge >= 0.3 is 7.12 Å². The van der Waals surface area contributed by atoms with E-state index < -0.39 is 17.1 Å². The summed E-state index contributed by atoms with van der Waals surface area (Å²) in [5.41, 5.74) is 1.20. The van der Waals surface area contributed by atoms with Crippen molar-refractivity contribution in [1.29, 1.82) is 0 Å². The molecule has 1 aliphatic heterocycles. The molecule has 0 unspecified atom stereocenters. The van der Waals surface area contributed by atoms with Gasteiger partial charge in [0.05, 0.1) is 16.2 Å². The van der Waals surface area contributed by atoms with E-state index in [1.807, 2.05) is 52.0 Å². The highest BCUT2D eigenvalue weighted by molar-refractivity contribution is 7.89. The van der Waals surface area contributed by atoms with E-state index in [0.717, 1.165) is 11.0 Å². The lowest BCUT2D eigenvalue weighted by Crippen LogP contribution is -2.41. The molecule has 3 rings (SSSR count). The summed E-state index contributed by atoms with van der Waals surface area (Å²) < 4.78 is 39.4. The van der Waals surface area contributed by atoms with Crippen molar-refractivity contribution >= 4 is 34.2 Å². The van der Waals surface area contributed by atoms with Gasteiger partial charge in [-0.3, -0.25) is 0 Å². The Morgan fingerprint density at radius 2 is 1.54 bits per heavy atom. The monoisotopic (exact) mass is 421 g/mol. The third kappa shape index (κ3) is 4.44. The minimum Gasteiger partial charge on any atom is -0.399 e. The van der Waals surface area contributed by atoms with Crippen molar-refractivity contribution in [2.45, 2.75) is 50.2 Å². The van der Waals surface area contributed by atoms with Crippen LogP contribution < -0.4 is 10.2 Å². The molecule has 1 fully saturated rings. The molecule has 0 bridgehead atoms. The Balaban J connectivity index is 1.59. The summed E-state index contributed by atoms with van der Waals surface area (Å²) >= 11 is 5.98.